The van der Waals surface area contributed by atoms with Crippen LogP contribution in [0.1, 0.15) is 25.0 Å². The van der Waals surface area contributed by atoms with E-state index >= 15 is 0 Å². The molecule has 0 amide bonds. The normalized spacial score (nSPS) is 13.4. The number of hydrogen-bond acceptors (Lipinski definition) is 4. The Labute approximate surface area is 130 Å². The maximum absolute atomic E-state index is 9.92. The van der Waals surface area contributed by atoms with Crippen LogP contribution in [0.25, 0.3) is 11.1 Å². The van der Waals surface area contributed by atoms with Gasteiger partial charge in [0.25, 0.3) is 0 Å². The van der Waals surface area contributed by atoms with Crippen molar-refractivity contribution in [2.45, 2.75) is 13.8 Å². The lowest BCUT2D eigenvalue weighted by atomic mass is 9.98. The lowest BCUT2D eigenvalue weighted by molar-refractivity contribution is 0.473. The Kier molecular flexibility index (Phi) is 4.41. The quantitative estimate of drug-likeness (QED) is 0.655. The van der Waals surface area contributed by atoms with E-state index in [1.54, 1.807) is 50.2 Å². The fourth-order valence-electron chi connectivity index (χ4n) is 2.28. The zero-order valence-electron chi connectivity index (χ0n) is 12.7. The Bertz CT molecular complexity index is 696. The second-order valence-corrected chi connectivity index (χ2v) is 5.11. The zero-order chi connectivity index (χ0) is 16.3. The van der Waals surface area contributed by atoms with E-state index in [1.165, 1.54) is 0 Å². The molecule has 2 aromatic rings. The highest BCUT2D eigenvalue weighted by Gasteiger charge is 2.12. The topological polar surface area (TPSA) is 92.5 Å². The molecule has 0 atom stereocenters. The van der Waals surface area contributed by atoms with Gasteiger partial charge in [-0.15, -0.1) is 0 Å². The molecule has 2 rings (SSSR count). The van der Waals surface area contributed by atoms with Crippen molar-refractivity contribution in [2.24, 2.45) is 11.5 Å². The van der Waals surface area contributed by atoms with Crippen LogP contribution in [0.4, 0.5) is 0 Å². The lowest BCUT2D eigenvalue weighted by Crippen LogP contribution is -2.13. The highest BCUT2D eigenvalue weighted by molar-refractivity contribution is 5.80. The summed E-state index contributed by atoms with van der Waals surface area (Å²) < 4.78 is 0. The van der Waals surface area contributed by atoms with E-state index in [0.717, 1.165) is 0 Å². The summed E-state index contributed by atoms with van der Waals surface area (Å²) >= 11 is 0. The molecule has 0 radical (unpaired) electrons. The van der Waals surface area contributed by atoms with Crippen molar-refractivity contribution >= 4 is 11.1 Å². The highest BCUT2D eigenvalue weighted by Crippen LogP contribution is 2.30. The van der Waals surface area contributed by atoms with Crippen LogP contribution < -0.4 is 11.5 Å². The fourth-order valence-corrected chi connectivity index (χ4v) is 2.28. The summed E-state index contributed by atoms with van der Waals surface area (Å²) in [6.45, 7) is 3.60. The SMILES string of the molecule is CC(=C(N)C(N)=C(C)c1ccccc1O)c1ccccc1O. The average molecular weight is 296 g/mol. The largest absolute Gasteiger partial charge is 0.507 e. The molecular weight excluding hydrogens is 276 g/mol. The zero-order valence-corrected chi connectivity index (χ0v) is 12.7. The third-order valence-electron chi connectivity index (χ3n) is 3.71. The number of nitrogens with two attached hydrogens (primary N) is 2. The molecule has 0 aliphatic carbocycles. The van der Waals surface area contributed by atoms with Crippen LogP contribution in [0.3, 0.4) is 0 Å². The summed E-state index contributed by atoms with van der Waals surface area (Å²) in [4.78, 5) is 0. The number of benzene rings is 2. The predicted molar refractivity (Wildman–Crippen MR) is 89.8 cm³/mol. The maximum Gasteiger partial charge on any atom is 0.123 e. The van der Waals surface area contributed by atoms with Crippen molar-refractivity contribution in [2.75, 3.05) is 0 Å². The van der Waals surface area contributed by atoms with E-state index in [0.29, 0.717) is 33.7 Å². The Morgan fingerprint density at radius 2 is 1.00 bits per heavy atom. The molecule has 0 bridgehead atoms. The summed E-state index contributed by atoms with van der Waals surface area (Å²) in [7, 11) is 0. The van der Waals surface area contributed by atoms with E-state index in [1.807, 2.05) is 12.1 Å². The molecule has 0 aromatic heterocycles. The fraction of sp³-hybridized carbons (Fsp3) is 0.111. The van der Waals surface area contributed by atoms with Gasteiger partial charge >= 0.3 is 0 Å². The standard InChI is InChI=1S/C18H20N2O2/c1-11(13-7-3-5-9-15(13)21)17(19)18(20)12(2)14-8-4-6-10-16(14)22/h3-10,21-22H,19-20H2,1-2H3. The lowest BCUT2D eigenvalue weighted by Gasteiger charge is -2.14. The molecule has 4 heteroatoms. The first-order chi connectivity index (χ1) is 10.4. The number of aromatic hydroxyl groups is 2. The summed E-state index contributed by atoms with van der Waals surface area (Å²) in [5.41, 5.74) is 15.7. The maximum atomic E-state index is 9.92. The van der Waals surface area contributed by atoms with Crippen LogP contribution in [0.2, 0.25) is 0 Å². The number of allylic oxidation sites excluding steroid dienone is 2. The Balaban J connectivity index is 2.54. The number of phenols is 2. The van der Waals surface area contributed by atoms with Gasteiger partial charge < -0.3 is 21.7 Å². The first-order valence-electron chi connectivity index (χ1n) is 6.93. The molecule has 0 aliphatic heterocycles. The van der Waals surface area contributed by atoms with Gasteiger partial charge in [0.2, 0.25) is 0 Å². The van der Waals surface area contributed by atoms with E-state index < -0.39 is 0 Å². The minimum atomic E-state index is 0.149. The average Bonchev–Trinajstić information content (AvgIpc) is 2.53. The summed E-state index contributed by atoms with van der Waals surface area (Å²) in [6.07, 6.45) is 0. The highest BCUT2D eigenvalue weighted by atomic mass is 16.3. The molecule has 0 saturated heterocycles. The monoisotopic (exact) mass is 296 g/mol. The van der Waals surface area contributed by atoms with Crippen molar-refractivity contribution in [3.8, 4) is 11.5 Å². The van der Waals surface area contributed by atoms with Crippen molar-refractivity contribution in [3.05, 3.63) is 71.1 Å². The van der Waals surface area contributed by atoms with Crippen LogP contribution >= 0.6 is 0 Å². The molecule has 2 aromatic carbocycles. The summed E-state index contributed by atoms with van der Waals surface area (Å²) in [5, 5.41) is 19.8. The second kappa shape index (κ2) is 6.26. The van der Waals surface area contributed by atoms with Crippen LogP contribution in [-0.4, -0.2) is 10.2 Å². The number of hydrogen-bond donors (Lipinski definition) is 4. The Morgan fingerprint density at radius 3 is 1.32 bits per heavy atom. The predicted octanol–water partition coefficient (Wildman–Crippen LogP) is 3.18. The summed E-state index contributed by atoms with van der Waals surface area (Å²) in [6, 6.07) is 13.9. The molecule has 114 valence electrons. The first kappa shape index (κ1) is 15.5. The van der Waals surface area contributed by atoms with Gasteiger partial charge in [-0.25, -0.2) is 0 Å². The van der Waals surface area contributed by atoms with E-state index in [4.69, 9.17) is 11.5 Å². The number of phenolic OH excluding ortho intramolecular Hbond substituents is 2. The molecule has 0 heterocycles. The van der Waals surface area contributed by atoms with Gasteiger partial charge in [0.15, 0.2) is 0 Å². The number of rotatable bonds is 3. The van der Waals surface area contributed by atoms with Crippen LogP contribution in [0.5, 0.6) is 11.5 Å². The van der Waals surface area contributed by atoms with Gasteiger partial charge in [0.05, 0.1) is 11.4 Å². The second-order valence-electron chi connectivity index (χ2n) is 5.11. The van der Waals surface area contributed by atoms with E-state index in [2.05, 4.69) is 0 Å². The molecular formula is C18H20N2O2. The molecule has 6 N–H and O–H groups in total. The van der Waals surface area contributed by atoms with Crippen molar-refractivity contribution in [3.63, 3.8) is 0 Å². The minimum absolute atomic E-state index is 0.149. The molecule has 22 heavy (non-hydrogen) atoms. The van der Waals surface area contributed by atoms with Gasteiger partial charge in [-0.2, -0.15) is 0 Å². The van der Waals surface area contributed by atoms with Crippen molar-refractivity contribution in [1.29, 1.82) is 0 Å². The van der Waals surface area contributed by atoms with Crippen molar-refractivity contribution in [1.82, 2.24) is 0 Å². The third-order valence-corrected chi connectivity index (χ3v) is 3.71. The molecule has 0 aliphatic rings. The van der Waals surface area contributed by atoms with Crippen LogP contribution in [0.15, 0.2) is 59.9 Å². The van der Waals surface area contributed by atoms with Gasteiger partial charge in [-0.3, -0.25) is 0 Å². The van der Waals surface area contributed by atoms with Crippen molar-refractivity contribution < 1.29 is 10.2 Å². The van der Waals surface area contributed by atoms with Gasteiger partial charge in [0, 0.05) is 11.1 Å². The van der Waals surface area contributed by atoms with E-state index in [-0.39, 0.29) is 11.5 Å². The molecule has 0 saturated carbocycles. The molecule has 0 spiro atoms. The molecule has 4 nitrogen and oxygen atoms in total. The Hall–Kier alpha value is -2.88. The van der Waals surface area contributed by atoms with Gasteiger partial charge in [-0.05, 0) is 37.1 Å². The first-order valence-corrected chi connectivity index (χ1v) is 6.93. The molecule has 0 fully saturated rings. The number of para-hydroxylation sites is 2. The van der Waals surface area contributed by atoms with Crippen LogP contribution in [0, 0.1) is 0 Å². The molecule has 0 unspecified atom stereocenters. The Morgan fingerprint density at radius 1 is 0.682 bits per heavy atom. The van der Waals surface area contributed by atoms with Gasteiger partial charge in [-0.1, -0.05) is 36.4 Å². The van der Waals surface area contributed by atoms with Crippen LogP contribution in [-0.2, 0) is 0 Å². The minimum Gasteiger partial charge on any atom is -0.507 e. The smallest absolute Gasteiger partial charge is 0.123 e. The van der Waals surface area contributed by atoms with E-state index in [9.17, 15) is 10.2 Å². The summed E-state index contributed by atoms with van der Waals surface area (Å²) in [5.74, 6) is 0.298. The third kappa shape index (κ3) is 2.91. The van der Waals surface area contributed by atoms with Gasteiger partial charge in [0.1, 0.15) is 11.5 Å².